The third-order valence-corrected chi connectivity index (χ3v) is 4.56. The van der Waals surface area contributed by atoms with Gasteiger partial charge in [-0.25, -0.2) is 0 Å². The highest BCUT2D eigenvalue weighted by Gasteiger charge is 2.26. The Balaban J connectivity index is 1.81. The highest BCUT2D eigenvalue weighted by molar-refractivity contribution is 5.49. The maximum absolute atomic E-state index is 4.57. The molecule has 0 spiro atoms. The summed E-state index contributed by atoms with van der Waals surface area (Å²) in [6.45, 7) is 4.14. The van der Waals surface area contributed by atoms with Crippen LogP contribution in [0.5, 0.6) is 0 Å². The summed E-state index contributed by atoms with van der Waals surface area (Å²) in [5.41, 5.74) is 4.84. The molecule has 2 aromatic rings. The van der Waals surface area contributed by atoms with Crippen molar-refractivity contribution >= 4 is 5.69 Å². The molecule has 2 heteroatoms. The largest absolute Gasteiger partial charge is 0.380 e. The van der Waals surface area contributed by atoms with Crippen molar-refractivity contribution in [3.05, 3.63) is 59.4 Å². The van der Waals surface area contributed by atoms with Gasteiger partial charge in [-0.2, -0.15) is 0 Å². The molecule has 0 saturated heterocycles. The zero-order chi connectivity index (χ0) is 14.7. The van der Waals surface area contributed by atoms with E-state index in [0.717, 1.165) is 11.4 Å². The second kappa shape index (κ2) is 6.30. The van der Waals surface area contributed by atoms with Gasteiger partial charge in [0.15, 0.2) is 0 Å². The highest BCUT2D eigenvalue weighted by Crippen LogP contribution is 2.35. The molecule has 0 amide bonds. The van der Waals surface area contributed by atoms with Crippen LogP contribution >= 0.6 is 0 Å². The maximum Gasteiger partial charge on any atom is 0.0606 e. The lowest BCUT2D eigenvalue weighted by molar-refractivity contribution is 0.405. The van der Waals surface area contributed by atoms with Crippen molar-refractivity contribution in [3.63, 3.8) is 0 Å². The summed E-state index contributed by atoms with van der Waals surface area (Å²) in [4.78, 5) is 4.57. The van der Waals surface area contributed by atoms with Crippen molar-refractivity contribution in [2.45, 2.75) is 51.5 Å². The van der Waals surface area contributed by atoms with E-state index in [-0.39, 0.29) is 0 Å². The molecule has 1 heterocycles. The standard InChI is InChI=1S/C19H24N2/c1-14-12-13-18(15(2)20-14)21-19-11-7-6-10-17(19)16-8-4-3-5-9-16/h3-5,8-9,12-13,17,19,21H,6-7,10-11H2,1-2H3. The van der Waals surface area contributed by atoms with Crippen molar-refractivity contribution in [2.24, 2.45) is 0 Å². The van der Waals surface area contributed by atoms with Gasteiger partial charge in [-0.05, 0) is 44.4 Å². The van der Waals surface area contributed by atoms with Crippen LogP contribution in [0, 0.1) is 13.8 Å². The first-order valence-corrected chi connectivity index (χ1v) is 8.00. The molecule has 2 nitrogen and oxygen atoms in total. The molecule has 3 rings (SSSR count). The van der Waals surface area contributed by atoms with Crippen molar-refractivity contribution in [1.82, 2.24) is 4.98 Å². The molecule has 1 aliphatic rings. The zero-order valence-electron chi connectivity index (χ0n) is 13.0. The van der Waals surface area contributed by atoms with Gasteiger partial charge in [0, 0.05) is 17.7 Å². The Morgan fingerprint density at radius 3 is 2.48 bits per heavy atom. The molecule has 1 fully saturated rings. The first-order chi connectivity index (χ1) is 10.2. The number of aryl methyl sites for hydroxylation is 2. The summed E-state index contributed by atoms with van der Waals surface area (Å²) in [7, 11) is 0. The number of aromatic nitrogens is 1. The van der Waals surface area contributed by atoms with E-state index in [4.69, 9.17) is 0 Å². The van der Waals surface area contributed by atoms with Crippen molar-refractivity contribution in [2.75, 3.05) is 5.32 Å². The molecule has 0 aliphatic heterocycles. The summed E-state index contributed by atoms with van der Waals surface area (Å²) < 4.78 is 0. The average molecular weight is 280 g/mol. The molecule has 1 aromatic heterocycles. The Hall–Kier alpha value is -1.83. The number of hydrogen-bond acceptors (Lipinski definition) is 2. The van der Waals surface area contributed by atoms with Crippen LogP contribution in [0.15, 0.2) is 42.5 Å². The molecule has 21 heavy (non-hydrogen) atoms. The lowest BCUT2D eigenvalue weighted by Crippen LogP contribution is -2.31. The van der Waals surface area contributed by atoms with Crippen LogP contribution in [0.4, 0.5) is 5.69 Å². The number of pyridine rings is 1. The van der Waals surface area contributed by atoms with Gasteiger partial charge in [0.2, 0.25) is 0 Å². The summed E-state index contributed by atoms with van der Waals surface area (Å²) >= 11 is 0. The number of nitrogens with one attached hydrogen (secondary N) is 1. The second-order valence-electron chi connectivity index (χ2n) is 6.14. The van der Waals surface area contributed by atoms with Gasteiger partial charge < -0.3 is 5.32 Å². The Bertz CT molecular complexity index is 592. The second-order valence-corrected chi connectivity index (χ2v) is 6.14. The number of nitrogens with zero attached hydrogens (tertiary/aromatic N) is 1. The van der Waals surface area contributed by atoms with Crippen LogP contribution in [-0.2, 0) is 0 Å². The van der Waals surface area contributed by atoms with Gasteiger partial charge >= 0.3 is 0 Å². The molecule has 1 aliphatic carbocycles. The van der Waals surface area contributed by atoms with E-state index in [0.29, 0.717) is 12.0 Å². The van der Waals surface area contributed by atoms with E-state index in [1.807, 2.05) is 6.92 Å². The minimum atomic E-state index is 0.518. The number of hydrogen-bond donors (Lipinski definition) is 1. The minimum absolute atomic E-state index is 0.518. The SMILES string of the molecule is Cc1ccc(NC2CCCCC2c2ccccc2)c(C)n1. The summed E-state index contributed by atoms with van der Waals surface area (Å²) in [5.74, 6) is 0.612. The molecular weight excluding hydrogens is 256 g/mol. The Kier molecular flexibility index (Phi) is 4.23. The van der Waals surface area contributed by atoms with Gasteiger partial charge in [0.1, 0.15) is 0 Å². The zero-order valence-corrected chi connectivity index (χ0v) is 13.0. The molecule has 2 unspecified atom stereocenters. The normalized spacial score (nSPS) is 22.0. The highest BCUT2D eigenvalue weighted by atomic mass is 14.9. The van der Waals surface area contributed by atoms with Gasteiger partial charge in [-0.1, -0.05) is 43.2 Å². The summed E-state index contributed by atoms with van der Waals surface area (Å²) in [6.07, 6.45) is 5.18. The van der Waals surface area contributed by atoms with E-state index in [2.05, 4.69) is 59.7 Å². The van der Waals surface area contributed by atoms with Crippen molar-refractivity contribution < 1.29 is 0 Å². The minimum Gasteiger partial charge on any atom is -0.380 e. The number of anilines is 1. The van der Waals surface area contributed by atoms with Gasteiger partial charge in [-0.15, -0.1) is 0 Å². The molecular formula is C19H24N2. The third kappa shape index (κ3) is 3.26. The lowest BCUT2D eigenvalue weighted by Gasteiger charge is -2.33. The summed E-state index contributed by atoms with van der Waals surface area (Å²) in [5, 5.41) is 3.76. The predicted molar refractivity (Wildman–Crippen MR) is 88.8 cm³/mol. The topological polar surface area (TPSA) is 24.9 Å². The molecule has 0 radical (unpaired) electrons. The smallest absolute Gasteiger partial charge is 0.0606 e. The Morgan fingerprint density at radius 2 is 1.71 bits per heavy atom. The first-order valence-electron chi connectivity index (χ1n) is 8.00. The fourth-order valence-electron chi connectivity index (χ4n) is 3.44. The third-order valence-electron chi connectivity index (χ3n) is 4.56. The van der Waals surface area contributed by atoms with Gasteiger partial charge in [-0.3, -0.25) is 4.98 Å². The van der Waals surface area contributed by atoms with E-state index in [1.165, 1.54) is 36.9 Å². The molecule has 1 aromatic carbocycles. The van der Waals surface area contributed by atoms with Gasteiger partial charge in [0.25, 0.3) is 0 Å². The first kappa shape index (κ1) is 14.1. The van der Waals surface area contributed by atoms with Crippen LogP contribution in [0.2, 0.25) is 0 Å². The predicted octanol–water partition coefficient (Wildman–Crippen LogP) is 4.84. The molecule has 0 bridgehead atoms. The maximum atomic E-state index is 4.57. The van der Waals surface area contributed by atoms with Crippen LogP contribution in [0.1, 0.15) is 48.6 Å². The number of benzene rings is 1. The molecule has 2 atom stereocenters. The molecule has 1 N–H and O–H groups in total. The van der Waals surface area contributed by atoms with Crippen molar-refractivity contribution in [1.29, 1.82) is 0 Å². The monoisotopic (exact) mass is 280 g/mol. The van der Waals surface area contributed by atoms with Crippen LogP contribution < -0.4 is 5.32 Å². The quantitative estimate of drug-likeness (QED) is 0.870. The summed E-state index contributed by atoms with van der Waals surface area (Å²) in [6, 6.07) is 15.7. The Labute approximate surface area is 127 Å². The van der Waals surface area contributed by atoms with Crippen LogP contribution in [0.3, 0.4) is 0 Å². The van der Waals surface area contributed by atoms with E-state index in [9.17, 15) is 0 Å². The van der Waals surface area contributed by atoms with Crippen LogP contribution in [-0.4, -0.2) is 11.0 Å². The Morgan fingerprint density at radius 1 is 0.952 bits per heavy atom. The average Bonchev–Trinajstić information content (AvgIpc) is 2.51. The molecule has 110 valence electrons. The fourth-order valence-corrected chi connectivity index (χ4v) is 3.44. The van der Waals surface area contributed by atoms with Gasteiger partial charge in [0.05, 0.1) is 11.4 Å². The van der Waals surface area contributed by atoms with Crippen LogP contribution in [0.25, 0.3) is 0 Å². The van der Waals surface area contributed by atoms with E-state index >= 15 is 0 Å². The van der Waals surface area contributed by atoms with Crippen molar-refractivity contribution in [3.8, 4) is 0 Å². The lowest BCUT2D eigenvalue weighted by atomic mass is 9.80. The number of rotatable bonds is 3. The van der Waals surface area contributed by atoms with E-state index < -0.39 is 0 Å². The molecule has 1 saturated carbocycles. The fraction of sp³-hybridized carbons (Fsp3) is 0.421. The van der Waals surface area contributed by atoms with E-state index in [1.54, 1.807) is 0 Å².